The number of anilines is 2. The third-order valence-electron chi connectivity index (χ3n) is 5.99. The van der Waals surface area contributed by atoms with Gasteiger partial charge in [0.1, 0.15) is 11.8 Å². The number of pyridine rings is 1. The molecule has 0 aliphatic carbocycles. The van der Waals surface area contributed by atoms with Crippen LogP contribution < -0.4 is 16.0 Å². The van der Waals surface area contributed by atoms with E-state index in [0.29, 0.717) is 49.0 Å². The number of aliphatic imine (C=N–C) groups is 2. The topological polar surface area (TPSA) is 162 Å². The Hall–Kier alpha value is -5.08. The summed E-state index contributed by atoms with van der Waals surface area (Å²) in [4.78, 5) is 28.1. The second-order valence-electron chi connectivity index (χ2n) is 8.45. The third kappa shape index (κ3) is 5.21. The van der Waals surface area contributed by atoms with Gasteiger partial charge in [0, 0.05) is 30.4 Å². The van der Waals surface area contributed by atoms with Gasteiger partial charge in [0.2, 0.25) is 12.1 Å². The summed E-state index contributed by atoms with van der Waals surface area (Å²) in [7, 11) is 0. The van der Waals surface area contributed by atoms with E-state index in [4.69, 9.17) is 20.6 Å². The average molecular weight is 509 g/mol. The number of fused-ring (bicyclic) bond motifs is 1. The predicted molar refractivity (Wildman–Crippen MR) is 142 cm³/mol. The lowest BCUT2D eigenvalue weighted by molar-refractivity contribution is -0.117. The van der Waals surface area contributed by atoms with E-state index in [9.17, 15) is 10.1 Å². The summed E-state index contributed by atoms with van der Waals surface area (Å²) in [5.41, 5.74) is 9.86. The van der Waals surface area contributed by atoms with Gasteiger partial charge in [-0.3, -0.25) is 10.2 Å². The Labute approximate surface area is 218 Å². The predicted octanol–water partition coefficient (Wildman–Crippen LogP) is 2.26. The van der Waals surface area contributed by atoms with Crippen molar-refractivity contribution in [2.75, 3.05) is 36.5 Å². The first-order valence-electron chi connectivity index (χ1n) is 11.9. The van der Waals surface area contributed by atoms with Crippen molar-refractivity contribution < 1.29 is 14.3 Å². The second-order valence-corrected chi connectivity index (χ2v) is 8.45. The molecular weight excluding hydrogens is 484 g/mol. The molecule has 190 valence electrons. The fourth-order valence-corrected chi connectivity index (χ4v) is 4.19. The van der Waals surface area contributed by atoms with Crippen LogP contribution in [0, 0.1) is 16.7 Å². The van der Waals surface area contributed by atoms with Gasteiger partial charge in [-0.15, -0.1) is 0 Å². The zero-order valence-corrected chi connectivity index (χ0v) is 20.3. The van der Waals surface area contributed by atoms with Crippen molar-refractivity contribution in [2.45, 2.75) is 6.17 Å². The largest absolute Gasteiger partial charge is 0.405 e. The number of nitrogens with zero attached hydrogens (tertiary/aromatic N) is 5. The van der Waals surface area contributed by atoms with Gasteiger partial charge in [0.05, 0.1) is 35.9 Å². The maximum Gasteiger partial charge on any atom is 0.291 e. The minimum atomic E-state index is -1.25. The summed E-state index contributed by atoms with van der Waals surface area (Å²) in [5.74, 6) is -0.867. The Balaban J connectivity index is 1.44. The molecule has 11 heteroatoms. The summed E-state index contributed by atoms with van der Waals surface area (Å²) in [6.07, 6.45) is 0.106. The van der Waals surface area contributed by atoms with Crippen LogP contribution in [0.5, 0.6) is 0 Å². The average Bonchev–Trinajstić information content (AvgIpc) is 3.09. The van der Waals surface area contributed by atoms with E-state index in [1.165, 1.54) is 6.20 Å². The lowest BCUT2D eigenvalue weighted by Gasteiger charge is -2.30. The normalized spacial score (nSPS) is 17.4. The van der Waals surface area contributed by atoms with Gasteiger partial charge in [-0.2, -0.15) is 10.3 Å². The Morgan fingerprint density at radius 3 is 2.68 bits per heavy atom. The first kappa shape index (κ1) is 24.6. The van der Waals surface area contributed by atoms with Crippen LogP contribution in [0.25, 0.3) is 0 Å². The van der Waals surface area contributed by atoms with Gasteiger partial charge in [0.15, 0.2) is 0 Å². The molecule has 0 saturated carbocycles. The maximum absolute atomic E-state index is 13.0. The summed E-state index contributed by atoms with van der Waals surface area (Å²) in [5, 5.41) is 20.7. The van der Waals surface area contributed by atoms with Crippen molar-refractivity contribution in [1.29, 1.82) is 10.7 Å². The minimum Gasteiger partial charge on any atom is -0.405 e. The number of aromatic nitrogens is 1. The van der Waals surface area contributed by atoms with Gasteiger partial charge in [0.25, 0.3) is 11.9 Å². The molecule has 2 aliphatic rings. The van der Waals surface area contributed by atoms with E-state index >= 15 is 0 Å². The number of ether oxygens (including phenoxy) is 2. The van der Waals surface area contributed by atoms with Crippen LogP contribution in [0.15, 0.2) is 76.8 Å². The van der Waals surface area contributed by atoms with Crippen molar-refractivity contribution in [3.63, 3.8) is 0 Å². The number of amides is 1. The van der Waals surface area contributed by atoms with Crippen LogP contribution in [-0.2, 0) is 14.3 Å². The number of benzene rings is 2. The molecule has 1 amide bonds. The van der Waals surface area contributed by atoms with Crippen molar-refractivity contribution in [1.82, 2.24) is 4.98 Å². The van der Waals surface area contributed by atoms with E-state index in [2.05, 4.69) is 26.4 Å². The van der Waals surface area contributed by atoms with Crippen molar-refractivity contribution in [3.8, 4) is 6.07 Å². The number of nitriles is 1. The molecule has 3 aromatic rings. The number of rotatable bonds is 4. The van der Waals surface area contributed by atoms with Gasteiger partial charge in [-0.25, -0.2) is 9.98 Å². The number of nitrogens with two attached hydrogens (primary N) is 1. The monoisotopic (exact) mass is 508 g/mol. The van der Waals surface area contributed by atoms with Crippen molar-refractivity contribution >= 4 is 34.9 Å². The molecule has 0 radical (unpaired) electrons. The van der Waals surface area contributed by atoms with Crippen LogP contribution >= 0.6 is 0 Å². The molecule has 1 saturated heterocycles. The molecular formula is C27H24N8O3. The summed E-state index contributed by atoms with van der Waals surface area (Å²) >= 11 is 0. The van der Waals surface area contributed by atoms with Crippen LogP contribution in [0.3, 0.4) is 0 Å². The first-order valence-corrected chi connectivity index (χ1v) is 11.9. The highest BCUT2D eigenvalue weighted by Gasteiger charge is 2.27. The van der Waals surface area contributed by atoms with Crippen LogP contribution in [0.1, 0.15) is 22.4 Å². The molecule has 38 heavy (non-hydrogen) atoms. The first-order chi connectivity index (χ1) is 18.5. The number of benzodiazepines with no additional fused rings is 1. The van der Waals surface area contributed by atoms with Crippen molar-refractivity contribution in [3.05, 3.63) is 89.2 Å². The molecule has 1 aromatic heterocycles. The molecule has 5 rings (SSSR count). The maximum atomic E-state index is 13.0. The second kappa shape index (κ2) is 10.9. The lowest BCUT2D eigenvalue weighted by atomic mass is 10.0. The summed E-state index contributed by atoms with van der Waals surface area (Å²) in [6, 6.07) is 20.1. The highest BCUT2D eigenvalue weighted by molar-refractivity contribution is 6.19. The fraction of sp³-hybridized carbons (Fsp3) is 0.185. The van der Waals surface area contributed by atoms with Crippen LogP contribution in [0.2, 0.25) is 0 Å². The number of amidine groups is 1. The number of hydrogen-bond donors (Lipinski definition) is 3. The SMILES string of the molecule is N#Cc1cnc(C(=N)O/C(N)=N/C2N=C(c3ccccc3)c3ccccc3NC2=O)c(N2CCOCC2)c1. The molecule has 2 aliphatic heterocycles. The zero-order valence-electron chi connectivity index (χ0n) is 20.3. The van der Waals surface area contributed by atoms with Crippen LogP contribution in [0.4, 0.5) is 11.4 Å². The Morgan fingerprint density at radius 2 is 1.92 bits per heavy atom. The van der Waals surface area contributed by atoms with Gasteiger partial charge in [-0.05, 0) is 12.1 Å². The molecule has 0 bridgehead atoms. The van der Waals surface area contributed by atoms with E-state index < -0.39 is 18.1 Å². The molecule has 11 nitrogen and oxygen atoms in total. The molecule has 1 unspecified atom stereocenters. The number of hydrogen-bond acceptors (Lipinski definition) is 9. The zero-order chi connectivity index (χ0) is 26.5. The quantitative estimate of drug-likeness (QED) is 0.360. The van der Waals surface area contributed by atoms with E-state index in [1.54, 1.807) is 12.1 Å². The Kier molecular flexibility index (Phi) is 7.06. The van der Waals surface area contributed by atoms with Crippen LogP contribution in [-0.4, -0.2) is 61.0 Å². The van der Waals surface area contributed by atoms with Gasteiger partial charge < -0.3 is 25.4 Å². The minimum absolute atomic E-state index is 0.190. The van der Waals surface area contributed by atoms with Gasteiger partial charge in [-0.1, -0.05) is 48.5 Å². The molecule has 1 atom stereocenters. The summed E-state index contributed by atoms with van der Waals surface area (Å²) < 4.78 is 10.9. The molecule has 2 aromatic carbocycles. The highest BCUT2D eigenvalue weighted by atomic mass is 16.5. The number of carbonyl (C=O) groups is 1. The van der Waals surface area contributed by atoms with E-state index in [1.807, 2.05) is 53.4 Å². The molecule has 0 spiro atoms. The number of nitrogens with one attached hydrogen (secondary N) is 2. The number of morpholine rings is 1. The summed E-state index contributed by atoms with van der Waals surface area (Å²) in [6.45, 7) is 2.16. The molecule has 4 N–H and O–H groups in total. The third-order valence-corrected chi connectivity index (χ3v) is 5.99. The molecule has 3 heterocycles. The molecule has 1 fully saturated rings. The number of para-hydroxylation sites is 1. The number of carbonyl (C=O) groups excluding carboxylic acids is 1. The smallest absolute Gasteiger partial charge is 0.291 e. The fourth-order valence-electron chi connectivity index (χ4n) is 4.19. The van der Waals surface area contributed by atoms with E-state index in [-0.39, 0.29) is 11.6 Å². The standard InChI is InChI=1S/C27H24N8O3/c28-15-17-14-21(35-10-12-37-13-11-35)23(31-16-17)24(29)38-27(30)34-25-26(36)32-20-9-5-4-8-19(20)22(33-25)18-6-2-1-3-7-18/h1-9,14,16,25,29H,10-13H2,(H2,30,34)(H,32,36). The van der Waals surface area contributed by atoms with E-state index in [0.717, 1.165) is 11.1 Å². The Morgan fingerprint density at radius 1 is 1.18 bits per heavy atom. The lowest BCUT2D eigenvalue weighted by Crippen LogP contribution is -2.37. The highest BCUT2D eigenvalue weighted by Crippen LogP contribution is 2.25. The van der Waals surface area contributed by atoms with Gasteiger partial charge >= 0.3 is 0 Å². The van der Waals surface area contributed by atoms with Crippen molar-refractivity contribution in [2.24, 2.45) is 15.7 Å². The Bertz CT molecular complexity index is 1470.